The molecule has 0 radical (unpaired) electrons. The second kappa shape index (κ2) is 4.65. The van der Waals surface area contributed by atoms with Crippen LogP contribution in [0.5, 0.6) is 0 Å². The summed E-state index contributed by atoms with van der Waals surface area (Å²) in [4.78, 5) is 0. The van der Waals surface area contributed by atoms with E-state index in [1.54, 1.807) is 0 Å². The van der Waals surface area contributed by atoms with Crippen LogP contribution in [0.1, 0.15) is 5.56 Å². The van der Waals surface area contributed by atoms with Crippen LogP contribution >= 0.6 is 0 Å². The van der Waals surface area contributed by atoms with Crippen molar-refractivity contribution in [2.75, 3.05) is 0 Å². The molecule has 0 spiro atoms. The molecule has 0 aromatic heterocycles. The zero-order valence-corrected chi connectivity index (χ0v) is 11.4. The fraction of sp³-hybridized carbons (Fsp3) is 0.400. The van der Waals surface area contributed by atoms with Gasteiger partial charge in [-0.1, -0.05) is 0 Å². The van der Waals surface area contributed by atoms with E-state index in [1.807, 2.05) is 0 Å². The monoisotopic (exact) mass is 354 g/mol. The van der Waals surface area contributed by atoms with Crippen molar-refractivity contribution >= 4 is 16.9 Å². The first kappa shape index (κ1) is 16.3. The van der Waals surface area contributed by atoms with Crippen molar-refractivity contribution in [3.8, 4) is 0 Å². The van der Waals surface area contributed by atoms with Crippen molar-refractivity contribution < 1.29 is 35.1 Å². The molecule has 0 aliphatic rings. The molecule has 0 amide bonds. The summed E-state index contributed by atoms with van der Waals surface area (Å²) in [7, 11) is 0. The van der Waals surface area contributed by atoms with Crippen molar-refractivity contribution in [1.29, 1.82) is 0 Å². The standard InChI is InChI=1S/C10H7AsF8/c11-7(12,6-4-2-1-3-5-6)8(13,14)9(15,16)10(17,18)19/h1-5H,11H2. The number of rotatable bonds is 3. The van der Waals surface area contributed by atoms with Crippen molar-refractivity contribution in [1.82, 2.24) is 0 Å². The van der Waals surface area contributed by atoms with Crippen LogP contribution in [0, 0.1) is 0 Å². The first-order chi connectivity index (χ1) is 8.36. The third-order valence-corrected chi connectivity index (χ3v) is 3.86. The Morgan fingerprint density at radius 3 is 1.47 bits per heavy atom. The summed E-state index contributed by atoms with van der Waals surface area (Å²) >= 11 is -0.564. The Morgan fingerprint density at radius 1 is 0.684 bits per heavy atom. The predicted octanol–water partition coefficient (Wildman–Crippen LogP) is 3.27. The van der Waals surface area contributed by atoms with Gasteiger partial charge in [-0.15, -0.1) is 0 Å². The van der Waals surface area contributed by atoms with Gasteiger partial charge in [0.05, 0.1) is 0 Å². The molecule has 0 fully saturated rings. The fourth-order valence-corrected chi connectivity index (χ4v) is 2.05. The van der Waals surface area contributed by atoms with E-state index in [0.29, 0.717) is 0 Å². The van der Waals surface area contributed by atoms with Gasteiger partial charge in [0.15, 0.2) is 0 Å². The third kappa shape index (κ3) is 2.47. The van der Waals surface area contributed by atoms with Gasteiger partial charge < -0.3 is 0 Å². The second-order valence-electron chi connectivity index (χ2n) is 3.72. The molecule has 0 aliphatic carbocycles. The molecule has 0 saturated carbocycles. The molecule has 0 aliphatic heterocycles. The van der Waals surface area contributed by atoms with E-state index in [9.17, 15) is 35.1 Å². The molecule has 108 valence electrons. The predicted molar refractivity (Wildman–Crippen MR) is 53.7 cm³/mol. The minimum absolute atomic E-state index is 0.564. The first-order valence-electron chi connectivity index (χ1n) is 4.71. The van der Waals surface area contributed by atoms with Gasteiger partial charge in [-0.2, -0.15) is 0 Å². The Labute approximate surface area is 111 Å². The normalized spacial score (nSPS) is 17.1. The minimum atomic E-state index is -6.55. The van der Waals surface area contributed by atoms with E-state index in [4.69, 9.17) is 0 Å². The van der Waals surface area contributed by atoms with Gasteiger partial charge in [-0.05, 0) is 0 Å². The topological polar surface area (TPSA) is 0 Å². The summed E-state index contributed by atoms with van der Waals surface area (Å²) in [6.07, 6.45) is -6.55. The second-order valence-corrected chi connectivity index (χ2v) is 5.39. The van der Waals surface area contributed by atoms with Crippen molar-refractivity contribution in [3.05, 3.63) is 35.9 Å². The Bertz CT molecular complexity index is 437. The van der Waals surface area contributed by atoms with Gasteiger partial charge in [0.1, 0.15) is 0 Å². The molecule has 0 heterocycles. The molecule has 2 unspecified atom stereocenters. The number of hydrogen-bond acceptors (Lipinski definition) is 0. The van der Waals surface area contributed by atoms with Crippen LogP contribution in [0.15, 0.2) is 30.3 Å². The van der Waals surface area contributed by atoms with Crippen LogP contribution in [-0.4, -0.2) is 34.9 Å². The molecule has 1 aromatic rings. The van der Waals surface area contributed by atoms with E-state index in [-0.39, 0.29) is 0 Å². The van der Waals surface area contributed by atoms with E-state index in [2.05, 4.69) is 0 Å². The van der Waals surface area contributed by atoms with Gasteiger partial charge in [0.25, 0.3) is 0 Å². The molecule has 2 atom stereocenters. The Kier molecular flexibility index (Phi) is 3.98. The van der Waals surface area contributed by atoms with Gasteiger partial charge in [0, 0.05) is 0 Å². The van der Waals surface area contributed by atoms with Gasteiger partial charge >= 0.3 is 110 Å². The number of alkyl halides is 8. The van der Waals surface area contributed by atoms with E-state index in [0.717, 1.165) is 24.3 Å². The van der Waals surface area contributed by atoms with E-state index in [1.165, 1.54) is 6.07 Å². The van der Waals surface area contributed by atoms with Crippen molar-refractivity contribution in [2.24, 2.45) is 0 Å². The average molecular weight is 354 g/mol. The average Bonchev–Trinajstić information content (AvgIpc) is 2.28. The van der Waals surface area contributed by atoms with Gasteiger partial charge in [-0.3, -0.25) is 0 Å². The molecule has 1 aromatic carbocycles. The van der Waals surface area contributed by atoms with Crippen LogP contribution in [0.2, 0.25) is 0 Å². The molecular formula is C10H7AsF8. The number of benzene rings is 1. The zero-order valence-electron chi connectivity index (χ0n) is 8.99. The summed E-state index contributed by atoms with van der Waals surface area (Å²) in [5.74, 6) is -12.4. The SMILES string of the molecule is FC(F)(F)C(F)(F)C(F)(F)C(F)([AsH2])c1ccccc1. The van der Waals surface area contributed by atoms with E-state index < -0.39 is 44.9 Å². The molecule has 0 bridgehead atoms. The Balaban J connectivity index is 3.34. The zero-order chi connectivity index (χ0) is 15.1. The molecule has 0 nitrogen and oxygen atoms in total. The number of halogens is 8. The van der Waals surface area contributed by atoms with E-state index >= 15 is 0 Å². The van der Waals surface area contributed by atoms with Crippen LogP contribution in [-0.2, 0) is 4.46 Å². The van der Waals surface area contributed by atoms with Crippen LogP contribution in [0.4, 0.5) is 35.1 Å². The van der Waals surface area contributed by atoms with Crippen molar-refractivity contribution in [3.63, 3.8) is 0 Å². The molecule has 19 heavy (non-hydrogen) atoms. The summed E-state index contributed by atoms with van der Waals surface area (Å²) in [5.41, 5.74) is -0.941. The van der Waals surface area contributed by atoms with Gasteiger partial charge in [-0.25, -0.2) is 0 Å². The third-order valence-electron chi connectivity index (χ3n) is 2.40. The Morgan fingerprint density at radius 2 is 1.11 bits per heavy atom. The maximum absolute atomic E-state index is 13.9. The maximum atomic E-state index is 13.9. The van der Waals surface area contributed by atoms with Crippen molar-refractivity contribution in [2.45, 2.75) is 22.5 Å². The Hall–Kier alpha value is -0.782. The molecule has 0 N–H and O–H groups in total. The molecule has 0 saturated heterocycles. The summed E-state index contributed by atoms with van der Waals surface area (Å²) < 4.78 is 98.0. The fourth-order valence-electron chi connectivity index (χ4n) is 1.27. The molecular weight excluding hydrogens is 347 g/mol. The first-order valence-corrected chi connectivity index (χ1v) is 5.92. The van der Waals surface area contributed by atoms with Crippen LogP contribution < -0.4 is 0 Å². The summed E-state index contributed by atoms with van der Waals surface area (Å²) in [6.45, 7) is 0. The molecule has 1 rings (SSSR count). The quantitative estimate of drug-likeness (QED) is 0.578. The summed E-state index contributed by atoms with van der Waals surface area (Å²) in [6, 6.07) is 4.85. The van der Waals surface area contributed by atoms with Gasteiger partial charge in [0.2, 0.25) is 0 Å². The van der Waals surface area contributed by atoms with Crippen LogP contribution in [0.3, 0.4) is 0 Å². The molecule has 9 heteroatoms. The number of hydrogen-bond donors (Lipinski definition) is 0. The van der Waals surface area contributed by atoms with Crippen LogP contribution in [0.25, 0.3) is 0 Å². The summed E-state index contributed by atoms with van der Waals surface area (Å²) in [5, 5.41) is 0.